The molecule has 0 radical (unpaired) electrons. The lowest BCUT2D eigenvalue weighted by molar-refractivity contribution is -0.119. The monoisotopic (exact) mass is 291 g/mol. The van der Waals surface area contributed by atoms with E-state index in [-0.39, 0.29) is 11.9 Å². The predicted molar refractivity (Wildman–Crippen MR) is 84.4 cm³/mol. The summed E-state index contributed by atoms with van der Waals surface area (Å²) in [6, 6.07) is 1.67. The molecule has 1 fully saturated rings. The average Bonchev–Trinajstić information content (AvgIpc) is 2.47. The molecule has 0 aliphatic carbocycles. The molecule has 2 heterocycles. The second-order valence-corrected chi connectivity index (χ2v) is 5.42. The number of hydrogen-bond donors (Lipinski definition) is 2. The average molecular weight is 291 g/mol. The molecule has 1 atom stereocenters. The molecule has 1 aliphatic rings. The number of piperidine rings is 1. The number of hydrogen-bond acceptors (Lipinski definition) is 5. The number of aryl methyl sites for hydroxylation is 1. The number of nitrogens with two attached hydrogens (primary N) is 1. The van der Waals surface area contributed by atoms with Gasteiger partial charge in [-0.25, -0.2) is 9.97 Å². The summed E-state index contributed by atoms with van der Waals surface area (Å²) in [5, 5.41) is 3.24. The van der Waals surface area contributed by atoms with Crippen molar-refractivity contribution in [3.8, 4) is 0 Å². The van der Waals surface area contributed by atoms with Crippen LogP contribution in [0.2, 0.25) is 0 Å². The first kappa shape index (κ1) is 15.5. The van der Waals surface area contributed by atoms with Gasteiger partial charge in [0.05, 0.1) is 0 Å². The van der Waals surface area contributed by atoms with E-state index in [1.54, 1.807) is 0 Å². The fourth-order valence-corrected chi connectivity index (χ4v) is 2.74. The summed E-state index contributed by atoms with van der Waals surface area (Å²) >= 11 is 0. The van der Waals surface area contributed by atoms with Gasteiger partial charge in [-0.3, -0.25) is 4.79 Å². The lowest BCUT2D eigenvalue weighted by Crippen LogP contribution is -2.48. The van der Waals surface area contributed by atoms with E-state index >= 15 is 0 Å². The van der Waals surface area contributed by atoms with Crippen molar-refractivity contribution < 1.29 is 4.79 Å². The SMILES string of the molecule is CCCc1nc(NCC)cc(N2CCCCC2C(N)=O)n1. The predicted octanol–water partition coefficient (Wildman–Crippen LogP) is 1.71. The van der Waals surface area contributed by atoms with Crippen molar-refractivity contribution in [2.75, 3.05) is 23.3 Å². The Labute approximate surface area is 126 Å². The molecular formula is C15H25N5O. The van der Waals surface area contributed by atoms with Crippen LogP contribution in [0.1, 0.15) is 45.4 Å². The molecule has 116 valence electrons. The van der Waals surface area contributed by atoms with Crippen LogP contribution in [0.3, 0.4) is 0 Å². The minimum atomic E-state index is -0.268. The summed E-state index contributed by atoms with van der Waals surface area (Å²) in [6.07, 6.45) is 4.74. The van der Waals surface area contributed by atoms with Crippen LogP contribution in [0.4, 0.5) is 11.6 Å². The second kappa shape index (κ2) is 7.24. The number of amides is 1. The number of nitrogens with zero attached hydrogens (tertiary/aromatic N) is 3. The number of anilines is 2. The van der Waals surface area contributed by atoms with E-state index in [4.69, 9.17) is 5.73 Å². The first-order valence-electron chi connectivity index (χ1n) is 7.83. The van der Waals surface area contributed by atoms with E-state index in [1.165, 1.54) is 0 Å². The number of nitrogens with one attached hydrogen (secondary N) is 1. The summed E-state index contributed by atoms with van der Waals surface area (Å²) in [5.74, 6) is 2.18. The highest BCUT2D eigenvalue weighted by Gasteiger charge is 2.28. The molecule has 1 aromatic heterocycles. The van der Waals surface area contributed by atoms with Gasteiger partial charge in [0.1, 0.15) is 23.5 Å². The van der Waals surface area contributed by atoms with E-state index in [0.29, 0.717) is 0 Å². The van der Waals surface area contributed by atoms with Crippen molar-refractivity contribution >= 4 is 17.5 Å². The molecule has 1 unspecified atom stereocenters. The quantitative estimate of drug-likeness (QED) is 0.833. The van der Waals surface area contributed by atoms with Gasteiger partial charge >= 0.3 is 0 Å². The van der Waals surface area contributed by atoms with Crippen LogP contribution in [-0.4, -0.2) is 35.0 Å². The molecule has 21 heavy (non-hydrogen) atoms. The Morgan fingerprint density at radius 2 is 2.24 bits per heavy atom. The zero-order valence-corrected chi connectivity index (χ0v) is 12.9. The molecule has 2 rings (SSSR count). The summed E-state index contributed by atoms with van der Waals surface area (Å²) in [4.78, 5) is 22.9. The smallest absolute Gasteiger partial charge is 0.240 e. The van der Waals surface area contributed by atoms with Crippen LogP contribution >= 0.6 is 0 Å². The summed E-state index contributed by atoms with van der Waals surface area (Å²) in [6.45, 7) is 5.77. The minimum Gasteiger partial charge on any atom is -0.370 e. The van der Waals surface area contributed by atoms with Gasteiger partial charge in [-0.15, -0.1) is 0 Å². The molecule has 1 saturated heterocycles. The van der Waals surface area contributed by atoms with E-state index in [1.807, 2.05) is 17.9 Å². The fourth-order valence-electron chi connectivity index (χ4n) is 2.74. The molecule has 1 aliphatic heterocycles. The Bertz CT molecular complexity index is 467. The Kier molecular flexibility index (Phi) is 5.36. The summed E-state index contributed by atoms with van der Waals surface area (Å²) < 4.78 is 0. The van der Waals surface area contributed by atoms with Crippen molar-refractivity contribution in [3.63, 3.8) is 0 Å². The molecule has 6 heteroatoms. The molecule has 0 spiro atoms. The number of carbonyl (C=O) groups excluding carboxylic acids is 1. The summed E-state index contributed by atoms with van der Waals surface area (Å²) in [7, 11) is 0. The van der Waals surface area contributed by atoms with Crippen LogP contribution in [0, 0.1) is 0 Å². The minimum absolute atomic E-state index is 0.252. The van der Waals surface area contributed by atoms with E-state index in [2.05, 4.69) is 22.2 Å². The molecule has 0 saturated carbocycles. The third-order valence-electron chi connectivity index (χ3n) is 3.72. The highest BCUT2D eigenvalue weighted by atomic mass is 16.1. The number of aromatic nitrogens is 2. The number of primary amides is 1. The Morgan fingerprint density at radius 3 is 2.90 bits per heavy atom. The lowest BCUT2D eigenvalue weighted by Gasteiger charge is -2.34. The van der Waals surface area contributed by atoms with Crippen molar-refractivity contribution in [2.24, 2.45) is 5.73 Å². The van der Waals surface area contributed by atoms with Gasteiger partial charge in [0.15, 0.2) is 0 Å². The van der Waals surface area contributed by atoms with Crippen LogP contribution in [0.15, 0.2) is 6.07 Å². The maximum Gasteiger partial charge on any atom is 0.240 e. The highest BCUT2D eigenvalue weighted by Crippen LogP contribution is 2.25. The number of carbonyl (C=O) groups is 1. The van der Waals surface area contributed by atoms with Gasteiger partial charge < -0.3 is 16.0 Å². The van der Waals surface area contributed by atoms with Gasteiger partial charge in [-0.1, -0.05) is 6.92 Å². The maximum atomic E-state index is 11.7. The standard InChI is InChI=1S/C15H25N5O/c1-3-7-12-18-13(17-4-2)10-14(19-12)20-9-6-5-8-11(20)15(16)21/h10-11H,3-9H2,1-2H3,(H2,16,21)(H,17,18,19). The fraction of sp³-hybridized carbons (Fsp3) is 0.667. The van der Waals surface area contributed by atoms with Crippen molar-refractivity contribution in [2.45, 2.75) is 52.0 Å². The second-order valence-electron chi connectivity index (χ2n) is 5.42. The van der Waals surface area contributed by atoms with Crippen LogP contribution in [0.25, 0.3) is 0 Å². The van der Waals surface area contributed by atoms with Gasteiger partial charge in [-0.2, -0.15) is 0 Å². The van der Waals surface area contributed by atoms with Crippen molar-refractivity contribution in [1.29, 1.82) is 0 Å². The maximum absolute atomic E-state index is 11.7. The normalized spacial score (nSPS) is 18.6. The molecule has 0 bridgehead atoms. The van der Waals surface area contributed by atoms with E-state index < -0.39 is 0 Å². The molecule has 1 aromatic rings. The molecule has 6 nitrogen and oxygen atoms in total. The molecule has 1 amide bonds. The first-order chi connectivity index (χ1) is 10.2. The zero-order valence-electron chi connectivity index (χ0n) is 12.9. The number of rotatable bonds is 6. The molecule has 3 N–H and O–H groups in total. The van der Waals surface area contributed by atoms with E-state index in [9.17, 15) is 4.79 Å². The Hall–Kier alpha value is -1.85. The van der Waals surface area contributed by atoms with Crippen molar-refractivity contribution in [1.82, 2.24) is 9.97 Å². The molecular weight excluding hydrogens is 266 g/mol. The van der Waals surface area contributed by atoms with Crippen LogP contribution in [0.5, 0.6) is 0 Å². The van der Waals surface area contributed by atoms with E-state index in [0.717, 1.165) is 62.7 Å². The van der Waals surface area contributed by atoms with Crippen molar-refractivity contribution in [3.05, 3.63) is 11.9 Å². The molecule has 0 aromatic carbocycles. The largest absolute Gasteiger partial charge is 0.370 e. The third kappa shape index (κ3) is 3.83. The third-order valence-corrected chi connectivity index (χ3v) is 3.72. The summed E-state index contributed by atoms with van der Waals surface area (Å²) in [5.41, 5.74) is 5.55. The first-order valence-corrected chi connectivity index (χ1v) is 7.83. The topological polar surface area (TPSA) is 84.1 Å². The lowest BCUT2D eigenvalue weighted by atomic mass is 10.0. The van der Waals surface area contributed by atoms with Gasteiger partial charge in [0, 0.05) is 25.6 Å². The zero-order chi connectivity index (χ0) is 15.2. The van der Waals surface area contributed by atoms with Crippen LogP contribution < -0.4 is 16.0 Å². The van der Waals surface area contributed by atoms with Gasteiger partial charge in [-0.05, 0) is 32.6 Å². The highest BCUT2D eigenvalue weighted by molar-refractivity contribution is 5.83. The Morgan fingerprint density at radius 1 is 1.43 bits per heavy atom. The van der Waals surface area contributed by atoms with Gasteiger partial charge in [0.2, 0.25) is 5.91 Å². The van der Waals surface area contributed by atoms with Gasteiger partial charge in [0.25, 0.3) is 0 Å². The Balaban J connectivity index is 2.32. The van der Waals surface area contributed by atoms with Crippen LogP contribution in [-0.2, 0) is 11.2 Å².